The number of rotatable bonds is 6. The molecule has 22 heavy (non-hydrogen) atoms. The highest BCUT2D eigenvalue weighted by Gasteiger charge is 2.28. The molecular formula is C15H27N5OS. The fourth-order valence-corrected chi connectivity index (χ4v) is 3.37. The summed E-state index contributed by atoms with van der Waals surface area (Å²) >= 11 is 5.27. The predicted octanol–water partition coefficient (Wildman–Crippen LogP) is 2.01. The van der Waals surface area contributed by atoms with E-state index in [1.807, 2.05) is 9.47 Å². The second kappa shape index (κ2) is 7.87. The van der Waals surface area contributed by atoms with E-state index in [9.17, 15) is 4.79 Å². The van der Waals surface area contributed by atoms with E-state index in [4.69, 9.17) is 12.2 Å². The first-order valence-electron chi connectivity index (χ1n) is 8.25. The number of aromatic amines is 1. The Kier molecular flexibility index (Phi) is 6.14. The molecule has 1 aliphatic rings. The molecule has 1 N–H and O–H groups in total. The van der Waals surface area contributed by atoms with Crippen molar-refractivity contribution in [1.82, 2.24) is 24.6 Å². The van der Waals surface area contributed by atoms with Crippen LogP contribution in [0.2, 0.25) is 0 Å². The Morgan fingerprint density at radius 2 is 2.14 bits per heavy atom. The van der Waals surface area contributed by atoms with Gasteiger partial charge in [0.25, 0.3) is 0 Å². The van der Waals surface area contributed by atoms with Gasteiger partial charge in [-0.2, -0.15) is 5.10 Å². The van der Waals surface area contributed by atoms with Gasteiger partial charge in [-0.1, -0.05) is 13.8 Å². The summed E-state index contributed by atoms with van der Waals surface area (Å²) in [5, 5.41) is 7.28. The van der Waals surface area contributed by atoms with Crippen molar-refractivity contribution in [3.8, 4) is 0 Å². The van der Waals surface area contributed by atoms with Gasteiger partial charge in [-0.15, -0.1) is 0 Å². The molecular weight excluding hydrogens is 298 g/mol. The van der Waals surface area contributed by atoms with Gasteiger partial charge in [0.1, 0.15) is 5.82 Å². The zero-order valence-electron chi connectivity index (χ0n) is 13.8. The number of hydrogen-bond donors (Lipinski definition) is 1. The number of aromatic nitrogens is 3. The van der Waals surface area contributed by atoms with Gasteiger partial charge >= 0.3 is 0 Å². The third kappa shape index (κ3) is 3.76. The van der Waals surface area contributed by atoms with E-state index in [0.717, 1.165) is 51.4 Å². The maximum absolute atomic E-state index is 12.5. The number of H-pyrrole nitrogens is 1. The maximum Gasteiger partial charge on any atom is 0.236 e. The molecule has 124 valence electrons. The zero-order chi connectivity index (χ0) is 16.1. The van der Waals surface area contributed by atoms with Gasteiger partial charge in [-0.05, 0) is 45.1 Å². The molecule has 1 saturated heterocycles. The number of likely N-dealkylation sites (tertiary alicyclic amines) is 1. The Morgan fingerprint density at radius 3 is 2.77 bits per heavy atom. The van der Waals surface area contributed by atoms with Crippen molar-refractivity contribution in [3.05, 3.63) is 10.6 Å². The molecule has 1 aromatic rings. The number of likely N-dealkylation sites (N-methyl/N-ethyl adjacent to an activating group) is 1. The Morgan fingerprint density at radius 1 is 1.41 bits per heavy atom. The first-order valence-corrected chi connectivity index (χ1v) is 8.66. The van der Waals surface area contributed by atoms with E-state index in [1.54, 1.807) is 0 Å². The van der Waals surface area contributed by atoms with Crippen LogP contribution in [0.5, 0.6) is 0 Å². The Hall–Kier alpha value is -1.21. The average molecular weight is 325 g/mol. The molecule has 0 radical (unpaired) electrons. The molecule has 2 heterocycles. The molecule has 1 atom stereocenters. The van der Waals surface area contributed by atoms with E-state index in [1.165, 1.54) is 0 Å². The van der Waals surface area contributed by atoms with Crippen molar-refractivity contribution >= 4 is 18.1 Å². The van der Waals surface area contributed by atoms with E-state index in [-0.39, 0.29) is 11.8 Å². The highest BCUT2D eigenvalue weighted by molar-refractivity contribution is 7.71. The van der Waals surface area contributed by atoms with Crippen molar-refractivity contribution < 1.29 is 4.79 Å². The average Bonchev–Trinajstić information content (AvgIpc) is 2.93. The minimum atomic E-state index is 0.227. The van der Waals surface area contributed by atoms with Crippen LogP contribution in [0.25, 0.3) is 0 Å². The van der Waals surface area contributed by atoms with Gasteiger partial charge < -0.3 is 9.47 Å². The van der Waals surface area contributed by atoms with Gasteiger partial charge in [0.05, 0.1) is 6.54 Å². The summed E-state index contributed by atoms with van der Waals surface area (Å²) in [6, 6.07) is 0. The Balaban J connectivity index is 2.05. The topological polar surface area (TPSA) is 57.2 Å². The lowest BCUT2D eigenvalue weighted by Gasteiger charge is -2.33. The number of carbonyl (C=O) groups is 1. The van der Waals surface area contributed by atoms with Crippen molar-refractivity contribution in [3.63, 3.8) is 0 Å². The number of piperidine rings is 1. The quantitative estimate of drug-likeness (QED) is 0.813. The molecule has 0 aromatic carbocycles. The van der Waals surface area contributed by atoms with Gasteiger partial charge in [0.2, 0.25) is 5.91 Å². The minimum absolute atomic E-state index is 0.227. The van der Waals surface area contributed by atoms with Crippen LogP contribution in [-0.2, 0) is 11.3 Å². The summed E-state index contributed by atoms with van der Waals surface area (Å²) in [6.45, 7) is 11.0. The van der Waals surface area contributed by atoms with E-state index in [2.05, 4.69) is 35.9 Å². The Bertz CT molecular complexity index is 548. The summed E-state index contributed by atoms with van der Waals surface area (Å²) in [5.41, 5.74) is 0. The largest absolute Gasteiger partial charge is 0.341 e. The van der Waals surface area contributed by atoms with E-state index >= 15 is 0 Å². The van der Waals surface area contributed by atoms with Crippen molar-refractivity contribution in [2.45, 2.75) is 46.1 Å². The molecule has 0 bridgehead atoms. The lowest BCUT2D eigenvalue weighted by molar-refractivity contribution is -0.133. The first-order chi connectivity index (χ1) is 10.6. The van der Waals surface area contributed by atoms with Crippen LogP contribution in [-0.4, -0.2) is 63.2 Å². The number of nitrogens with one attached hydrogen (secondary N) is 1. The van der Waals surface area contributed by atoms with E-state index in [0.29, 0.717) is 11.3 Å². The summed E-state index contributed by atoms with van der Waals surface area (Å²) < 4.78 is 2.71. The first kappa shape index (κ1) is 17.1. The van der Waals surface area contributed by atoms with Crippen LogP contribution in [0, 0.1) is 4.77 Å². The molecule has 2 rings (SSSR count). The molecule has 1 unspecified atom stereocenters. The highest BCUT2D eigenvalue weighted by Crippen LogP contribution is 2.25. The molecule has 0 spiro atoms. The normalized spacial score (nSPS) is 18.9. The molecule has 7 heteroatoms. The summed E-state index contributed by atoms with van der Waals surface area (Å²) in [5.74, 6) is 1.50. The third-order valence-corrected chi connectivity index (χ3v) is 4.81. The van der Waals surface area contributed by atoms with Crippen LogP contribution in [0.15, 0.2) is 0 Å². The smallest absolute Gasteiger partial charge is 0.236 e. The van der Waals surface area contributed by atoms with Crippen molar-refractivity contribution in [2.24, 2.45) is 0 Å². The SMILES string of the molecule is CCN(CC)CC(=O)N1CCCC(c2n[nH]c(=S)n2CC)C1. The summed E-state index contributed by atoms with van der Waals surface area (Å²) in [6.07, 6.45) is 2.09. The second-order valence-electron chi connectivity index (χ2n) is 5.77. The standard InChI is InChI=1S/C15H27N5OS/c1-4-18(5-2)11-13(21)19-9-7-8-12(10-19)14-16-17-15(22)20(14)6-3/h12H,4-11H2,1-3H3,(H,17,22). The number of hydrogen-bond acceptors (Lipinski definition) is 4. The molecule has 1 fully saturated rings. The third-order valence-electron chi connectivity index (χ3n) is 4.50. The Labute approximate surface area is 137 Å². The zero-order valence-corrected chi connectivity index (χ0v) is 14.7. The summed E-state index contributed by atoms with van der Waals surface area (Å²) in [7, 11) is 0. The lowest BCUT2D eigenvalue weighted by atomic mass is 9.97. The second-order valence-corrected chi connectivity index (χ2v) is 6.16. The monoisotopic (exact) mass is 325 g/mol. The number of nitrogens with zero attached hydrogens (tertiary/aromatic N) is 4. The van der Waals surface area contributed by atoms with Crippen LogP contribution >= 0.6 is 12.2 Å². The van der Waals surface area contributed by atoms with E-state index < -0.39 is 0 Å². The van der Waals surface area contributed by atoms with Crippen LogP contribution in [0.3, 0.4) is 0 Å². The fraction of sp³-hybridized carbons (Fsp3) is 0.800. The lowest BCUT2D eigenvalue weighted by Crippen LogP contribution is -2.45. The predicted molar refractivity (Wildman–Crippen MR) is 89.4 cm³/mol. The van der Waals surface area contributed by atoms with Crippen LogP contribution in [0.4, 0.5) is 0 Å². The van der Waals surface area contributed by atoms with Crippen molar-refractivity contribution in [2.75, 3.05) is 32.7 Å². The fourth-order valence-electron chi connectivity index (χ4n) is 3.10. The maximum atomic E-state index is 12.5. The highest BCUT2D eigenvalue weighted by atomic mass is 32.1. The van der Waals surface area contributed by atoms with Crippen LogP contribution in [0.1, 0.15) is 45.4 Å². The van der Waals surface area contributed by atoms with Crippen molar-refractivity contribution in [1.29, 1.82) is 0 Å². The van der Waals surface area contributed by atoms with Gasteiger partial charge in [-0.3, -0.25) is 14.8 Å². The molecule has 1 aliphatic heterocycles. The molecule has 1 amide bonds. The summed E-state index contributed by atoms with van der Waals surface area (Å²) in [4.78, 5) is 16.6. The minimum Gasteiger partial charge on any atom is -0.341 e. The number of carbonyl (C=O) groups excluding carboxylic acids is 1. The van der Waals surface area contributed by atoms with Gasteiger partial charge in [-0.25, -0.2) is 0 Å². The van der Waals surface area contributed by atoms with Crippen LogP contribution < -0.4 is 0 Å². The van der Waals surface area contributed by atoms with Gasteiger partial charge in [0.15, 0.2) is 4.77 Å². The molecule has 0 saturated carbocycles. The molecule has 6 nitrogen and oxygen atoms in total. The molecule has 1 aromatic heterocycles. The molecule has 0 aliphatic carbocycles. The van der Waals surface area contributed by atoms with Gasteiger partial charge in [0, 0.05) is 25.6 Å². The number of amides is 1.